The van der Waals surface area contributed by atoms with Gasteiger partial charge in [0.2, 0.25) is 0 Å². The first-order valence-corrected chi connectivity index (χ1v) is 6.33. The van der Waals surface area contributed by atoms with E-state index in [4.69, 9.17) is 16.3 Å². The number of nitrogens with one attached hydrogen (secondary N) is 1. The van der Waals surface area contributed by atoms with Gasteiger partial charge in [-0.05, 0) is 35.9 Å². The van der Waals surface area contributed by atoms with Gasteiger partial charge in [-0.1, -0.05) is 29.8 Å². The molecule has 2 rings (SSSR count). The minimum atomic E-state index is -0.723. The second kappa shape index (κ2) is 6.39. The lowest BCUT2D eigenvalue weighted by Gasteiger charge is -2.18. The number of rotatable bonds is 4. The van der Waals surface area contributed by atoms with Gasteiger partial charge in [0.15, 0.2) is 6.04 Å². The lowest BCUT2D eigenvalue weighted by Crippen LogP contribution is -2.22. The normalized spacial score (nSPS) is 11.8. The molecule has 5 heteroatoms. The predicted octanol–water partition coefficient (Wildman–Crippen LogP) is 3.81. The number of ether oxygens (including phenoxy) is 1. The van der Waals surface area contributed by atoms with Gasteiger partial charge in [0.1, 0.15) is 5.82 Å². The fourth-order valence-electron chi connectivity index (χ4n) is 1.80. The van der Waals surface area contributed by atoms with Crippen molar-refractivity contribution in [2.75, 3.05) is 12.4 Å². The molecular weight excluding hydrogens is 281 g/mol. The van der Waals surface area contributed by atoms with E-state index in [0.29, 0.717) is 16.3 Å². The second-order valence-corrected chi connectivity index (χ2v) is 4.60. The minimum Gasteiger partial charge on any atom is -0.467 e. The molecule has 2 aromatic carbocycles. The van der Waals surface area contributed by atoms with Crippen LogP contribution < -0.4 is 5.32 Å². The average Bonchev–Trinajstić information content (AvgIpc) is 2.45. The molecule has 2 aromatic rings. The molecule has 0 aliphatic heterocycles. The highest BCUT2D eigenvalue weighted by Gasteiger charge is 2.21. The van der Waals surface area contributed by atoms with E-state index in [-0.39, 0.29) is 5.82 Å². The van der Waals surface area contributed by atoms with Gasteiger partial charge in [0.05, 0.1) is 7.11 Å². The molecule has 0 saturated carbocycles. The zero-order valence-corrected chi connectivity index (χ0v) is 11.5. The van der Waals surface area contributed by atoms with Crippen LogP contribution in [0, 0.1) is 5.82 Å². The first kappa shape index (κ1) is 14.3. The van der Waals surface area contributed by atoms with Gasteiger partial charge in [-0.2, -0.15) is 0 Å². The van der Waals surface area contributed by atoms with Crippen LogP contribution in [0.1, 0.15) is 11.6 Å². The van der Waals surface area contributed by atoms with Crippen LogP contribution in [0.25, 0.3) is 0 Å². The van der Waals surface area contributed by atoms with Crippen molar-refractivity contribution in [2.24, 2.45) is 0 Å². The van der Waals surface area contributed by atoms with Gasteiger partial charge in [-0.3, -0.25) is 0 Å². The van der Waals surface area contributed by atoms with Gasteiger partial charge in [0, 0.05) is 10.7 Å². The third-order valence-electron chi connectivity index (χ3n) is 2.78. The van der Waals surface area contributed by atoms with Crippen molar-refractivity contribution >= 4 is 23.3 Å². The van der Waals surface area contributed by atoms with Crippen LogP contribution in [0.3, 0.4) is 0 Å². The smallest absolute Gasteiger partial charge is 0.332 e. The maximum Gasteiger partial charge on any atom is 0.332 e. The van der Waals surface area contributed by atoms with Crippen LogP contribution in [0.4, 0.5) is 10.1 Å². The summed E-state index contributed by atoms with van der Waals surface area (Å²) < 4.78 is 18.0. The molecule has 0 bridgehead atoms. The molecule has 0 amide bonds. The molecule has 3 nitrogen and oxygen atoms in total. The predicted molar refractivity (Wildman–Crippen MR) is 76.2 cm³/mol. The summed E-state index contributed by atoms with van der Waals surface area (Å²) in [6, 6.07) is 12.0. The molecule has 0 heterocycles. The van der Waals surface area contributed by atoms with Crippen molar-refractivity contribution in [1.29, 1.82) is 0 Å². The summed E-state index contributed by atoms with van der Waals surface area (Å²) in [4.78, 5) is 11.9. The largest absolute Gasteiger partial charge is 0.467 e. The van der Waals surface area contributed by atoms with Crippen LogP contribution in [-0.4, -0.2) is 13.1 Å². The molecular formula is C15H13ClFNO2. The standard InChI is InChI=1S/C15H13ClFNO2/c1-20-15(19)14(10-5-7-11(16)8-6-10)18-13-4-2-3-12(17)9-13/h2-9,14,18H,1H3. The molecule has 20 heavy (non-hydrogen) atoms. The first-order valence-electron chi connectivity index (χ1n) is 5.95. The van der Waals surface area contributed by atoms with Gasteiger partial charge in [-0.25, -0.2) is 9.18 Å². The highest BCUT2D eigenvalue weighted by molar-refractivity contribution is 6.30. The Morgan fingerprint density at radius 3 is 2.55 bits per heavy atom. The van der Waals surface area contributed by atoms with Gasteiger partial charge < -0.3 is 10.1 Å². The number of esters is 1. The fraction of sp³-hybridized carbons (Fsp3) is 0.133. The molecule has 0 aliphatic carbocycles. The molecule has 0 spiro atoms. The molecule has 0 saturated heterocycles. The maximum atomic E-state index is 13.2. The molecule has 1 N–H and O–H groups in total. The van der Waals surface area contributed by atoms with E-state index in [1.54, 1.807) is 36.4 Å². The Labute approximate surface area is 121 Å². The number of hydrogen-bond acceptors (Lipinski definition) is 3. The Balaban J connectivity index is 2.28. The minimum absolute atomic E-state index is 0.380. The van der Waals surface area contributed by atoms with E-state index in [1.165, 1.54) is 19.2 Å². The molecule has 0 aromatic heterocycles. The van der Waals surface area contributed by atoms with Crippen molar-refractivity contribution in [2.45, 2.75) is 6.04 Å². The van der Waals surface area contributed by atoms with Crippen LogP contribution >= 0.6 is 11.6 Å². The third kappa shape index (κ3) is 3.48. The lowest BCUT2D eigenvalue weighted by atomic mass is 10.1. The summed E-state index contributed by atoms with van der Waals surface area (Å²) in [5.74, 6) is -0.841. The average molecular weight is 294 g/mol. The molecule has 1 unspecified atom stereocenters. The van der Waals surface area contributed by atoms with Crippen molar-refractivity contribution in [3.63, 3.8) is 0 Å². The Morgan fingerprint density at radius 2 is 1.95 bits per heavy atom. The van der Waals surface area contributed by atoms with Crippen LogP contribution in [0.5, 0.6) is 0 Å². The SMILES string of the molecule is COC(=O)C(Nc1cccc(F)c1)c1ccc(Cl)cc1. The second-order valence-electron chi connectivity index (χ2n) is 4.16. The Hall–Kier alpha value is -2.07. The molecule has 104 valence electrons. The van der Waals surface area contributed by atoms with Crippen molar-refractivity contribution in [3.8, 4) is 0 Å². The lowest BCUT2D eigenvalue weighted by molar-refractivity contribution is -0.141. The summed E-state index contributed by atoms with van der Waals surface area (Å²) in [6.45, 7) is 0. The number of anilines is 1. The number of hydrogen-bond donors (Lipinski definition) is 1. The van der Waals surface area contributed by atoms with Crippen molar-refractivity contribution in [3.05, 3.63) is 64.9 Å². The number of methoxy groups -OCH3 is 1. The van der Waals surface area contributed by atoms with Crippen LogP contribution in [0.15, 0.2) is 48.5 Å². The third-order valence-corrected chi connectivity index (χ3v) is 3.03. The Kier molecular flexibility index (Phi) is 4.58. The van der Waals surface area contributed by atoms with E-state index in [0.717, 1.165) is 0 Å². The quantitative estimate of drug-likeness (QED) is 0.871. The van der Waals surface area contributed by atoms with Gasteiger partial charge >= 0.3 is 5.97 Å². The molecule has 0 aliphatic rings. The van der Waals surface area contributed by atoms with Crippen molar-refractivity contribution in [1.82, 2.24) is 0 Å². The molecule has 1 atom stereocenters. The number of carbonyl (C=O) groups excluding carboxylic acids is 1. The summed E-state index contributed by atoms with van der Waals surface area (Å²) in [6.07, 6.45) is 0. The van der Waals surface area contributed by atoms with E-state index in [9.17, 15) is 9.18 Å². The Morgan fingerprint density at radius 1 is 1.25 bits per heavy atom. The highest BCUT2D eigenvalue weighted by Crippen LogP contribution is 2.23. The van der Waals surface area contributed by atoms with E-state index < -0.39 is 12.0 Å². The summed E-state index contributed by atoms with van der Waals surface area (Å²) >= 11 is 5.82. The van der Waals surface area contributed by atoms with E-state index >= 15 is 0 Å². The van der Waals surface area contributed by atoms with E-state index in [1.807, 2.05) is 0 Å². The van der Waals surface area contributed by atoms with E-state index in [2.05, 4.69) is 5.32 Å². The van der Waals surface area contributed by atoms with Crippen LogP contribution in [-0.2, 0) is 9.53 Å². The van der Waals surface area contributed by atoms with Crippen LogP contribution in [0.2, 0.25) is 5.02 Å². The summed E-state index contributed by atoms with van der Waals surface area (Å²) in [5, 5.41) is 3.52. The van der Waals surface area contributed by atoms with Gasteiger partial charge in [0.25, 0.3) is 0 Å². The topological polar surface area (TPSA) is 38.3 Å². The number of benzene rings is 2. The number of carbonyl (C=O) groups is 1. The first-order chi connectivity index (χ1) is 9.60. The Bertz CT molecular complexity index is 601. The maximum absolute atomic E-state index is 13.2. The highest BCUT2D eigenvalue weighted by atomic mass is 35.5. The summed E-state index contributed by atoms with van der Waals surface area (Å²) in [5.41, 5.74) is 1.18. The monoisotopic (exact) mass is 293 g/mol. The fourth-order valence-corrected chi connectivity index (χ4v) is 1.92. The number of halogens is 2. The zero-order valence-electron chi connectivity index (χ0n) is 10.8. The van der Waals surface area contributed by atoms with Gasteiger partial charge in [-0.15, -0.1) is 0 Å². The molecule has 0 fully saturated rings. The molecule has 0 radical (unpaired) electrons. The van der Waals surface area contributed by atoms with Crippen molar-refractivity contribution < 1.29 is 13.9 Å². The zero-order chi connectivity index (χ0) is 14.5. The summed E-state index contributed by atoms with van der Waals surface area (Å²) in [7, 11) is 1.30.